The number of carboxylic acid groups (broad SMARTS) is 1. The molecule has 0 heterocycles. The van der Waals surface area contributed by atoms with E-state index < -0.39 is 5.97 Å². The summed E-state index contributed by atoms with van der Waals surface area (Å²) in [6.07, 6.45) is 5.33. The van der Waals surface area contributed by atoms with Gasteiger partial charge in [0.1, 0.15) is 0 Å². The van der Waals surface area contributed by atoms with Gasteiger partial charge in [-0.3, -0.25) is 4.79 Å². The molecule has 2 atom stereocenters. The molecule has 4 nitrogen and oxygen atoms in total. The number of thioether (sulfide) groups is 1. The van der Waals surface area contributed by atoms with E-state index in [2.05, 4.69) is 12.2 Å². The van der Waals surface area contributed by atoms with Crippen LogP contribution in [0.15, 0.2) is 24.3 Å². The lowest BCUT2D eigenvalue weighted by Crippen LogP contribution is -2.39. The molecule has 1 aliphatic rings. The third-order valence-electron chi connectivity index (χ3n) is 4.26. The van der Waals surface area contributed by atoms with E-state index in [1.54, 1.807) is 18.2 Å². The highest BCUT2D eigenvalue weighted by molar-refractivity contribution is 7.99. The number of benzene rings is 1. The molecule has 1 aromatic carbocycles. The highest BCUT2D eigenvalue weighted by Gasteiger charge is 2.23. The molecule has 5 heteroatoms. The van der Waals surface area contributed by atoms with Gasteiger partial charge in [-0.25, -0.2) is 4.79 Å². The van der Waals surface area contributed by atoms with Crippen LogP contribution in [0.5, 0.6) is 0 Å². The lowest BCUT2D eigenvalue weighted by Gasteiger charge is -2.29. The number of nitrogens with one attached hydrogen (secondary N) is 1. The second kappa shape index (κ2) is 8.96. The maximum absolute atomic E-state index is 12.2. The van der Waals surface area contributed by atoms with Gasteiger partial charge >= 0.3 is 5.97 Å². The van der Waals surface area contributed by atoms with Crippen LogP contribution in [-0.2, 0) is 11.2 Å². The summed E-state index contributed by atoms with van der Waals surface area (Å²) in [5, 5.41) is 13.0. The van der Waals surface area contributed by atoms with Gasteiger partial charge in [-0.2, -0.15) is 11.8 Å². The Labute approximate surface area is 142 Å². The third-order valence-corrected chi connectivity index (χ3v) is 5.50. The van der Waals surface area contributed by atoms with E-state index in [0.717, 1.165) is 24.2 Å². The zero-order chi connectivity index (χ0) is 16.7. The number of amides is 1. The minimum atomic E-state index is -0.937. The Morgan fingerprint density at radius 1 is 1.30 bits per heavy atom. The van der Waals surface area contributed by atoms with Crippen LogP contribution < -0.4 is 5.32 Å². The number of hydrogen-bond acceptors (Lipinski definition) is 3. The van der Waals surface area contributed by atoms with E-state index in [4.69, 9.17) is 5.11 Å². The van der Waals surface area contributed by atoms with Crippen molar-refractivity contribution in [1.29, 1.82) is 0 Å². The largest absolute Gasteiger partial charge is 0.478 e. The van der Waals surface area contributed by atoms with E-state index >= 15 is 0 Å². The van der Waals surface area contributed by atoms with Crippen molar-refractivity contribution in [3.63, 3.8) is 0 Å². The topological polar surface area (TPSA) is 66.4 Å². The Morgan fingerprint density at radius 2 is 2.09 bits per heavy atom. The maximum Gasteiger partial charge on any atom is 0.335 e. The Bertz CT molecular complexity index is 545. The van der Waals surface area contributed by atoms with Gasteiger partial charge in [-0.15, -0.1) is 0 Å². The van der Waals surface area contributed by atoms with Crippen molar-refractivity contribution in [2.75, 3.05) is 5.75 Å². The second-order valence-electron chi connectivity index (χ2n) is 5.97. The number of aromatic carboxylic acids is 1. The lowest BCUT2D eigenvalue weighted by atomic mass is 9.94. The number of carboxylic acids is 1. The first-order chi connectivity index (χ1) is 11.1. The third kappa shape index (κ3) is 5.57. The monoisotopic (exact) mass is 335 g/mol. The van der Waals surface area contributed by atoms with Gasteiger partial charge in [-0.1, -0.05) is 31.5 Å². The van der Waals surface area contributed by atoms with Gasteiger partial charge in [0.05, 0.1) is 5.56 Å². The molecule has 126 valence electrons. The Kier molecular flexibility index (Phi) is 6.96. The van der Waals surface area contributed by atoms with Crippen LogP contribution in [0, 0.1) is 0 Å². The predicted octanol–water partition coefficient (Wildman–Crippen LogP) is 3.50. The van der Waals surface area contributed by atoms with Gasteiger partial charge in [0, 0.05) is 17.7 Å². The van der Waals surface area contributed by atoms with Crippen molar-refractivity contribution in [3.8, 4) is 0 Å². The molecular weight excluding hydrogens is 310 g/mol. The molecule has 2 rings (SSSR count). The highest BCUT2D eigenvalue weighted by atomic mass is 32.2. The lowest BCUT2D eigenvalue weighted by molar-refractivity contribution is -0.121. The van der Waals surface area contributed by atoms with Gasteiger partial charge < -0.3 is 10.4 Å². The van der Waals surface area contributed by atoms with Crippen LogP contribution in [0.3, 0.4) is 0 Å². The summed E-state index contributed by atoms with van der Waals surface area (Å²) in [6.45, 7) is 2.17. The summed E-state index contributed by atoms with van der Waals surface area (Å²) < 4.78 is 0. The molecule has 1 fully saturated rings. The Morgan fingerprint density at radius 3 is 2.83 bits per heavy atom. The molecule has 0 aliphatic heterocycles. The van der Waals surface area contributed by atoms with E-state index in [0.29, 0.717) is 18.1 Å². The molecule has 0 spiro atoms. The van der Waals surface area contributed by atoms with E-state index in [9.17, 15) is 9.59 Å². The molecule has 0 aromatic heterocycles. The van der Waals surface area contributed by atoms with Gasteiger partial charge in [0.15, 0.2) is 0 Å². The first-order valence-corrected chi connectivity index (χ1v) is 9.37. The predicted molar refractivity (Wildman–Crippen MR) is 94.0 cm³/mol. The molecule has 2 N–H and O–H groups in total. The van der Waals surface area contributed by atoms with Crippen molar-refractivity contribution in [3.05, 3.63) is 35.4 Å². The summed E-state index contributed by atoms with van der Waals surface area (Å²) in [7, 11) is 0. The number of carbonyl (C=O) groups excluding carboxylic acids is 1. The summed E-state index contributed by atoms with van der Waals surface area (Å²) in [5.74, 6) is 0.210. The molecule has 1 saturated carbocycles. The van der Waals surface area contributed by atoms with Crippen molar-refractivity contribution in [2.45, 2.75) is 56.7 Å². The van der Waals surface area contributed by atoms with E-state index in [1.807, 2.05) is 17.8 Å². The number of rotatable bonds is 7. The second-order valence-corrected chi connectivity index (χ2v) is 7.55. The fourth-order valence-electron chi connectivity index (χ4n) is 3.16. The average molecular weight is 335 g/mol. The summed E-state index contributed by atoms with van der Waals surface area (Å²) in [5.41, 5.74) is 1.01. The van der Waals surface area contributed by atoms with Crippen LogP contribution >= 0.6 is 11.8 Å². The van der Waals surface area contributed by atoms with E-state index in [1.165, 1.54) is 12.8 Å². The van der Waals surface area contributed by atoms with Crippen molar-refractivity contribution < 1.29 is 14.7 Å². The average Bonchev–Trinajstić information content (AvgIpc) is 2.54. The zero-order valence-corrected chi connectivity index (χ0v) is 14.4. The van der Waals surface area contributed by atoms with Gasteiger partial charge in [0.25, 0.3) is 0 Å². The van der Waals surface area contributed by atoms with Crippen molar-refractivity contribution >= 4 is 23.6 Å². The first kappa shape index (κ1) is 17.9. The summed E-state index contributed by atoms with van der Waals surface area (Å²) in [4.78, 5) is 23.3. The smallest absolute Gasteiger partial charge is 0.335 e. The minimum Gasteiger partial charge on any atom is -0.478 e. The number of carbonyl (C=O) groups is 2. The molecule has 0 saturated heterocycles. The highest BCUT2D eigenvalue weighted by Crippen LogP contribution is 2.28. The molecule has 1 aliphatic carbocycles. The molecule has 1 aromatic rings. The molecule has 23 heavy (non-hydrogen) atoms. The molecule has 0 radical (unpaired) electrons. The first-order valence-electron chi connectivity index (χ1n) is 8.32. The van der Waals surface area contributed by atoms with E-state index in [-0.39, 0.29) is 17.5 Å². The fraction of sp³-hybridized carbons (Fsp3) is 0.556. The Hall–Kier alpha value is -1.49. The number of aryl methyl sites for hydroxylation is 1. The normalized spacial score (nSPS) is 20.9. The van der Waals surface area contributed by atoms with Crippen molar-refractivity contribution in [2.24, 2.45) is 0 Å². The van der Waals surface area contributed by atoms with Crippen LogP contribution in [0.25, 0.3) is 0 Å². The quantitative estimate of drug-likeness (QED) is 0.800. The number of hydrogen-bond donors (Lipinski definition) is 2. The minimum absolute atomic E-state index is 0.0253. The zero-order valence-electron chi connectivity index (χ0n) is 13.6. The van der Waals surface area contributed by atoms with Crippen LogP contribution in [0.2, 0.25) is 0 Å². The summed E-state index contributed by atoms with van der Waals surface area (Å²) >= 11 is 1.98. The van der Waals surface area contributed by atoms with Crippen LogP contribution in [-0.4, -0.2) is 34.0 Å². The molecular formula is C18H25NO3S. The molecule has 0 bridgehead atoms. The van der Waals surface area contributed by atoms with Crippen LogP contribution in [0.4, 0.5) is 0 Å². The van der Waals surface area contributed by atoms with Crippen molar-refractivity contribution in [1.82, 2.24) is 5.32 Å². The van der Waals surface area contributed by atoms with Gasteiger partial charge in [-0.05, 0) is 43.1 Å². The van der Waals surface area contributed by atoms with Crippen LogP contribution in [0.1, 0.15) is 54.9 Å². The van der Waals surface area contributed by atoms with Gasteiger partial charge in [0.2, 0.25) is 5.91 Å². The molecule has 2 unspecified atom stereocenters. The maximum atomic E-state index is 12.2. The Balaban J connectivity index is 1.82. The SMILES string of the molecule is CCSC1CCCC(NC(=O)CCc2ccccc2C(=O)O)C1. The standard InChI is InChI=1S/C18H25NO3S/c1-2-23-15-8-5-7-14(12-15)19-17(20)11-10-13-6-3-4-9-16(13)18(21)22/h3-4,6,9,14-15H,2,5,7-8,10-12H2,1H3,(H,19,20)(H,21,22). The fourth-order valence-corrected chi connectivity index (χ4v) is 4.33. The summed E-state index contributed by atoms with van der Waals surface area (Å²) in [6, 6.07) is 7.16. The molecule has 1 amide bonds.